The van der Waals surface area contributed by atoms with Crippen LogP contribution in [0.25, 0.3) is 10.9 Å². The Kier molecular flexibility index (Phi) is 3.64. The smallest absolute Gasteiger partial charge is 0.251 e. The van der Waals surface area contributed by atoms with E-state index in [0.29, 0.717) is 22.8 Å². The lowest BCUT2D eigenvalue weighted by Gasteiger charge is -2.37. The predicted molar refractivity (Wildman–Crippen MR) is 109 cm³/mol. The van der Waals surface area contributed by atoms with Crippen LogP contribution in [-0.2, 0) is 11.2 Å². The minimum atomic E-state index is -0.405. The van der Waals surface area contributed by atoms with Gasteiger partial charge in [-0.05, 0) is 42.0 Å². The quantitative estimate of drug-likeness (QED) is 0.655. The van der Waals surface area contributed by atoms with E-state index in [2.05, 4.69) is 11.1 Å². The van der Waals surface area contributed by atoms with Gasteiger partial charge in [0.2, 0.25) is 0 Å². The van der Waals surface area contributed by atoms with Crippen LogP contribution in [0.1, 0.15) is 22.9 Å². The molecule has 1 saturated heterocycles. The zero-order valence-corrected chi connectivity index (χ0v) is 16.3. The number of hydrogen-bond donors (Lipinski definition) is 2. The highest BCUT2D eigenvalue weighted by Gasteiger charge is 2.49. The zero-order valence-electron chi connectivity index (χ0n) is 15.5. The van der Waals surface area contributed by atoms with Crippen molar-refractivity contribution in [2.75, 3.05) is 14.2 Å². The van der Waals surface area contributed by atoms with E-state index >= 15 is 0 Å². The summed E-state index contributed by atoms with van der Waals surface area (Å²) in [6, 6.07) is 12.4. The molecule has 6 nitrogen and oxygen atoms in total. The van der Waals surface area contributed by atoms with Crippen molar-refractivity contribution in [3.63, 3.8) is 0 Å². The average Bonchev–Trinajstić information content (AvgIpc) is 3.18. The molecule has 0 spiro atoms. The van der Waals surface area contributed by atoms with Gasteiger partial charge < -0.3 is 19.7 Å². The number of aromatic hydroxyl groups is 1. The molecule has 142 valence electrons. The van der Waals surface area contributed by atoms with E-state index in [1.54, 1.807) is 26.3 Å². The first-order valence-corrected chi connectivity index (χ1v) is 9.48. The van der Waals surface area contributed by atoms with Gasteiger partial charge in [0.1, 0.15) is 23.6 Å². The first-order valence-electron chi connectivity index (χ1n) is 9.07. The summed E-state index contributed by atoms with van der Waals surface area (Å²) in [6.45, 7) is 0. The van der Waals surface area contributed by atoms with Crippen molar-refractivity contribution in [2.45, 2.75) is 18.5 Å². The van der Waals surface area contributed by atoms with Gasteiger partial charge in [0.15, 0.2) is 5.11 Å². The van der Waals surface area contributed by atoms with Crippen LogP contribution in [0.5, 0.6) is 11.5 Å². The fourth-order valence-corrected chi connectivity index (χ4v) is 4.73. The first kappa shape index (κ1) is 17.1. The second kappa shape index (κ2) is 5.97. The summed E-state index contributed by atoms with van der Waals surface area (Å²) in [6.07, 6.45) is 0.573. The number of carbonyl (C=O) groups excluding carboxylic acids is 1. The fraction of sp³-hybridized carbons (Fsp3) is 0.238. The lowest BCUT2D eigenvalue weighted by Crippen LogP contribution is -2.44. The SMILES string of the molecule is COc1ccc(O)c([C@H]2c3[nH]c4ccccc4c3C[C@@H]3C(=O)N(C)C(=S)N23)c1. The van der Waals surface area contributed by atoms with Crippen molar-refractivity contribution in [1.29, 1.82) is 0 Å². The van der Waals surface area contributed by atoms with Crippen LogP contribution in [0.3, 0.4) is 0 Å². The highest BCUT2D eigenvalue weighted by Crippen LogP contribution is 2.46. The number of thiocarbonyl (C=S) groups is 1. The third-order valence-electron chi connectivity index (χ3n) is 5.78. The number of H-pyrrole nitrogens is 1. The number of phenolic OH excluding ortho intramolecular Hbond substituents is 1. The van der Waals surface area contributed by atoms with Crippen LogP contribution in [0, 0.1) is 0 Å². The Morgan fingerprint density at radius 1 is 1.25 bits per heavy atom. The first-order chi connectivity index (χ1) is 13.5. The largest absolute Gasteiger partial charge is 0.508 e. The van der Waals surface area contributed by atoms with Gasteiger partial charge in [-0.1, -0.05) is 18.2 Å². The van der Waals surface area contributed by atoms with Crippen molar-refractivity contribution in [3.8, 4) is 11.5 Å². The van der Waals surface area contributed by atoms with Gasteiger partial charge in [-0.3, -0.25) is 9.69 Å². The number of nitrogens with zero attached hydrogens (tertiary/aromatic N) is 2. The third kappa shape index (κ3) is 2.19. The zero-order chi connectivity index (χ0) is 19.6. The summed E-state index contributed by atoms with van der Waals surface area (Å²) in [4.78, 5) is 19.9. The predicted octanol–water partition coefficient (Wildman–Crippen LogP) is 2.96. The second-order valence-corrected chi connectivity index (χ2v) is 7.56. The van der Waals surface area contributed by atoms with Gasteiger partial charge >= 0.3 is 0 Å². The van der Waals surface area contributed by atoms with Crippen molar-refractivity contribution in [3.05, 3.63) is 59.3 Å². The van der Waals surface area contributed by atoms with Gasteiger partial charge in [0, 0.05) is 35.6 Å². The van der Waals surface area contributed by atoms with E-state index in [1.807, 2.05) is 29.2 Å². The Morgan fingerprint density at radius 2 is 2.04 bits per heavy atom. The molecule has 1 amide bonds. The van der Waals surface area contributed by atoms with Crippen molar-refractivity contribution >= 4 is 34.1 Å². The summed E-state index contributed by atoms with van der Waals surface area (Å²) in [5.74, 6) is 0.756. The van der Waals surface area contributed by atoms with Crippen molar-refractivity contribution in [2.24, 2.45) is 0 Å². The van der Waals surface area contributed by atoms with Gasteiger partial charge in [-0.15, -0.1) is 0 Å². The standard InChI is InChI=1S/C21H19N3O3S/c1-23-20(26)16-10-13-12-5-3-4-6-15(12)22-18(13)19(24(16)21(23)28)14-9-11(27-2)7-8-17(14)25/h3-9,16,19,22,25H,10H2,1-2H3/t16-,19+/m1/s1. The van der Waals surface area contributed by atoms with Crippen LogP contribution >= 0.6 is 12.2 Å². The van der Waals surface area contributed by atoms with Crippen LogP contribution in [0.4, 0.5) is 0 Å². The normalized spacial score (nSPS) is 21.2. The molecule has 3 heterocycles. The number of likely N-dealkylation sites (N-methyl/N-ethyl adjacent to an activating group) is 1. The van der Waals surface area contributed by atoms with E-state index in [9.17, 15) is 9.90 Å². The number of nitrogens with one attached hydrogen (secondary N) is 1. The summed E-state index contributed by atoms with van der Waals surface area (Å²) in [5.41, 5.74) is 3.71. The number of hydrogen-bond acceptors (Lipinski definition) is 4. The fourth-order valence-electron chi connectivity index (χ4n) is 4.41. The number of rotatable bonds is 2. The van der Waals surface area contributed by atoms with Gasteiger partial charge in [0.05, 0.1) is 7.11 Å². The molecule has 0 bridgehead atoms. The molecule has 28 heavy (non-hydrogen) atoms. The van der Waals surface area contributed by atoms with Crippen LogP contribution in [0.2, 0.25) is 0 Å². The number of amides is 1. The molecule has 0 aliphatic carbocycles. The molecule has 0 saturated carbocycles. The Bertz CT molecular complexity index is 1140. The molecule has 2 N–H and O–H groups in total. The number of phenols is 1. The Hall–Kier alpha value is -3.06. The molecule has 5 rings (SSSR count). The molecule has 0 unspecified atom stereocenters. The van der Waals surface area contributed by atoms with Gasteiger partial charge in [0.25, 0.3) is 5.91 Å². The maximum absolute atomic E-state index is 12.9. The summed E-state index contributed by atoms with van der Waals surface area (Å²) >= 11 is 5.61. The summed E-state index contributed by atoms with van der Waals surface area (Å²) < 4.78 is 5.38. The minimum Gasteiger partial charge on any atom is -0.508 e. The number of ether oxygens (including phenoxy) is 1. The van der Waals surface area contributed by atoms with Gasteiger partial charge in [-0.2, -0.15) is 0 Å². The number of methoxy groups -OCH3 is 1. The molecular weight excluding hydrogens is 374 g/mol. The Morgan fingerprint density at radius 3 is 2.82 bits per heavy atom. The molecule has 3 aromatic rings. The summed E-state index contributed by atoms with van der Waals surface area (Å²) in [7, 11) is 3.30. The van der Waals surface area contributed by atoms with E-state index in [1.165, 1.54) is 4.90 Å². The molecule has 2 aliphatic rings. The molecular formula is C21H19N3O3S. The minimum absolute atomic E-state index is 0.0201. The monoisotopic (exact) mass is 393 g/mol. The molecule has 2 atom stereocenters. The van der Waals surface area contributed by atoms with Crippen LogP contribution in [0.15, 0.2) is 42.5 Å². The van der Waals surface area contributed by atoms with Crippen LogP contribution < -0.4 is 4.74 Å². The number of benzene rings is 2. The maximum Gasteiger partial charge on any atom is 0.251 e. The van der Waals surface area contributed by atoms with E-state index in [0.717, 1.165) is 22.2 Å². The topological polar surface area (TPSA) is 68.8 Å². The molecule has 7 heteroatoms. The Balaban J connectivity index is 1.80. The molecule has 2 aliphatic heterocycles. The Labute approximate surface area is 167 Å². The number of para-hydroxylation sites is 1. The summed E-state index contributed by atoms with van der Waals surface area (Å²) in [5, 5.41) is 12.2. The van der Waals surface area contributed by atoms with Gasteiger partial charge in [-0.25, -0.2) is 0 Å². The molecule has 1 fully saturated rings. The highest BCUT2D eigenvalue weighted by molar-refractivity contribution is 7.80. The number of carbonyl (C=O) groups is 1. The average molecular weight is 393 g/mol. The van der Waals surface area contributed by atoms with E-state index < -0.39 is 6.04 Å². The third-order valence-corrected chi connectivity index (χ3v) is 6.27. The van der Waals surface area contributed by atoms with Crippen molar-refractivity contribution in [1.82, 2.24) is 14.8 Å². The lowest BCUT2D eigenvalue weighted by atomic mass is 9.88. The highest BCUT2D eigenvalue weighted by atomic mass is 32.1. The molecule has 1 aromatic heterocycles. The molecule has 2 aromatic carbocycles. The van der Waals surface area contributed by atoms with E-state index in [4.69, 9.17) is 17.0 Å². The number of aromatic nitrogens is 1. The lowest BCUT2D eigenvalue weighted by molar-refractivity contribution is -0.127. The van der Waals surface area contributed by atoms with E-state index in [-0.39, 0.29) is 17.7 Å². The van der Waals surface area contributed by atoms with Crippen LogP contribution in [-0.4, -0.2) is 51.1 Å². The number of aromatic amines is 1. The maximum atomic E-state index is 12.9. The van der Waals surface area contributed by atoms with Crippen molar-refractivity contribution < 1.29 is 14.6 Å². The number of fused-ring (bicyclic) bond motifs is 4. The molecule has 0 radical (unpaired) electrons. The second-order valence-electron chi connectivity index (χ2n) is 7.20.